The predicted molar refractivity (Wildman–Crippen MR) is 60.7 cm³/mol. The van der Waals surface area contributed by atoms with E-state index in [0.29, 0.717) is 6.61 Å². The van der Waals surface area contributed by atoms with Crippen molar-refractivity contribution in [2.24, 2.45) is 0 Å². The highest BCUT2D eigenvalue weighted by molar-refractivity contribution is 5.02. The summed E-state index contributed by atoms with van der Waals surface area (Å²) in [6, 6.07) is 0. The van der Waals surface area contributed by atoms with Gasteiger partial charge in [-0.2, -0.15) is 0 Å². The average molecular weight is 246 g/mol. The summed E-state index contributed by atoms with van der Waals surface area (Å²) in [6.07, 6.45) is -1.72. The molecule has 2 saturated heterocycles. The van der Waals surface area contributed by atoms with Crippen LogP contribution in [0.3, 0.4) is 0 Å². The van der Waals surface area contributed by atoms with Crippen LogP contribution in [0.25, 0.3) is 0 Å². The molecule has 0 amide bonds. The first-order valence-electron chi connectivity index (χ1n) is 6.07. The molecule has 0 aromatic heterocycles. The number of ether oxygens (including phenoxy) is 3. The van der Waals surface area contributed by atoms with Crippen molar-refractivity contribution in [3.05, 3.63) is 0 Å². The van der Waals surface area contributed by atoms with Gasteiger partial charge in [0.15, 0.2) is 0 Å². The molecular formula is C12H22O5. The fraction of sp³-hybridized carbons (Fsp3) is 1.00. The number of fused-ring (bicyclic) bond motifs is 1. The van der Waals surface area contributed by atoms with Gasteiger partial charge < -0.3 is 24.4 Å². The molecule has 5 atom stereocenters. The highest BCUT2D eigenvalue weighted by Gasteiger charge is 2.55. The van der Waals surface area contributed by atoms with E-state index in [1.807, 2.05) is 13.8 Å². The van der Waals surface area contributed by atoms with Crippen molar-refractivity contribution >= 4 is 0 Å². The van der Waals surface area contributed by atoms with Crippen LogP contribution in [0.15, 0.2) is 0 Å². The molecule has 5 nitrogen and oxygen atoms in total. The third-order valence-corrected chi connectivity index (χ3v) is 4.12. The number of aliphatic hydroxyl groups is 2. The Hall–Kier alpha value is -0.200. The maximum absolute atomic E-state index is 10.1. The summed E-state index contributed by atoms with van der Waals surface area (Å²) in [4.78, 5) is 0. The summed E-state index contributed by atoms with van der Waals surface area (Å²) in [6.45, 7) is 7.63. The van der Waals surface area contributed by atoms with Gasteiger partial charge in [0.2, 0.25) is 0 Å². The molecule has 0 unspecified atom stereocenters. The molecule has 0 bridgehead atoms. The Morgan fingerprint density at radius 1 is 1.24 bits per heavy atom. The van der Waals surface area contributed by atoms with Gasteiger partial charge in [-0.1, -0.05) is 0 Å². The zero-order chi connectivity index (χ0) is 12.8. The predicted octanol–water partition coefficient (Wildman–Crippen LogP) is 0.0796. The highest BCUT2D eigenvalue weighted by Crippen LogP contribution is 2.40. The largest absolute Gasteiger partial charge is 0.393 e. The van der Waals surface area contributed by atoms with Crippen LogP contribution >= 0.6 is 0 Å². The SMILES string of the molecule is C[C@@H]1OC[C@@H]2OC(C)(C)[C@](C)(CO)O[C@H]2[C@@H]1O. The minimum Gasteiger partial charge on any atom is -0.393 e. The van der Waals surface area contributed by atoms with E-state index in [2.05, 4.69) is 0 Å². The van der Waals surface area contributed by atoms with Gasteiger partial charge >= 0.3 is 0 Å². The van der Waals surface area contributed by atoms with Crippen molar-refractivity contribution in [1.82, 2.24) is 0 Å². The van der Waals surface area contributed by atoms with Gasteiger partial charge in [-0.05, 0) is 27.7 Å². The third-order valence-electron chi connectivity index (χ3n) is 4.12. The van der Waals surface area contributed by atoms with Crippen LogP contribution in [0.2, 0.25) is 0 Å². The van der Waals surface area contributed by atoms with Crippen LogP contribution in [0.5, 0.6) is 0 Å². The Labute approximate surface area is 102 Å². The number of aliphatic hydroxyl groups excluding tert-OH is 2. The van der Waals surface area contributed by atoms with E-state index in [-0.39, 0.29) is 18.8 Å². The van der Waals surface area contributed by atoms with Crippen LogP contribution in [-0.2, 0) is 14.2 Å². The van der Waals surface area contributed by atoms with Gasteiger partial charge in [0.25, 0.3) is 0 Å². The van der Waals surface area contributed by atoms with Crippen molar-refractivity contribution in [1.29, 1.82) is 0 Å². The summed E-state index contributed by atoms with van der Waals surface area (Å²) in [5.41, 5.74) is -1.43. The monoisotopic (exact) mass is 246 g/mol. The molecule has 100 valence electrons. The minimum atomic E-state index is -0.813. The summed E-state index contributed by atoms with van der Waals surface area (Å²) in [7, 11) is 0. The smallest absolute Gasteiger partial charge is 0.117 e. The van der Waals surface area contributed by atoms with Crippen molar-refractivity contribution in [2.75, 3.05) is 13.2 Å². The summed E-state index contributed by atoms with van der Waals surface area (Å²) < 4.78 is 17.3. The third kappa shape index (κ3) is 2.00. The van der Waals surface area contributed by atoms with Gasteiger partial charge in [-0.25, -0.2) is 0 Å². The second-order valence-corrected chi connectivity index (χ2v) is 5.67. The molecule has 0 spiro atoms. The topological polar surface area (TPSA) is 68.2 Å². The Kier molecular flexibility index (Phi) is 3.25. The lowest BCUT2D eigenvalue weighted by Gasteiger charge is -2.55. The number of hydrogen-bond acceptors (Lipinski definition) is 5. The van der Waals surface area contributed by atoms with E-state index in [1.165, 1.54) is 0 Å². The van der Waals surface area contributed by atoms with Gasteiger partial charge in [0, 0.05) is 0 Å². The van der Waals surface area contributed by atoms with Crippen LogP contribution in [0.1, 0.15) is 27.7 Å². The summed E-state index contributed by atoms with van der Waals surface area (Å²) in [5.74, 6) is 0. The lowest BCUT2D eigenvalue weighted by molar-refractivity contribution is -0.351. The number of rotatable bonds is 1. The first-order valence-corrected chi connectivity index (χ1v) is 6.07. The molecule has 0 aromatic rings. The van der Waals surface area contributed by atoms with Crippen molar-refractivity contribution in [3.63, 3.8) is 0 Å². The van der Waals surface area contributed by atoms with E-state index in [9.17, 15) is 10.2 Å². The molecule has 2 fully saturated rings. The van der Waals surface area contributed by atoms with E-state index < -0.39 is 23.4 Å². The van der Waals surface area contributed by atoms with Crippen LogP contribution < -0.4 is 0 Å². The minimum absolute atomic E-state index is 0.148. The first-order chi connectivity index (χ1) is 7.81. The van der Waals surface area contributed by atoms with Crippen LogP contribution in [0.4, 0.5) is 0 Å². The molecule has 2 aliphatic rings. The van der Waals surface area contributed by atoms with Crippen molar-refractivity contribution in [3.8, 4) is 0 Å². The Balaban J connectivity index is 2.22. The maximum Gasteiger partial charge on any atom is 0.117 e. The zero-order valence-electron chi connectivity index (χ0n) is 10.8. The zero-order valence-corrected chi connectivity index (χ0v) is 10.8. The maximum atomic E-state index is 10.1. The molecule has 0 aliphatic carbocycles. The molecule has 2 rings (SSSR count). The second-order valence-electron chi connectivity index (χ2n) is 5.67. The second kappa shape index (κ2) is 4.17. The van der Waals surface area contributed by atoms with Crippen molar-refractivity contribution < 1.29 is 24.4 Å². The van der Waals surface area contributed by atoms with Gasteiger partial charge in [0.05, 0.1) is 24.9 Å². The average Bonchev–Trinajstić information content (AvgIpc) is 2.26. The molecule has 0 aromatic carbocycles. The Morgan fingerprint density at radius 3 is 2.47 bits per heavy atom. The van der Waals surface area contributed by atoms with Crippen LogP contribution in [-0.4, -0.2) is 59.0 Å². The molecule has 17 heavy (non-hydrogen) atoms. The van der Waals surface area contributed by atoms with Crippen LogP contribution in [0, 0.1) is 0 Å². The first kappa shape index (κ1) is 13.2. The number of hydrogen-bond donors (Lipinski definition) is 2. The normalized spacial score (nSPS) is 49.8. The Bertz CT molecular complexity index is 293. The fourth-order valence-electron chi connectivity index (χ4n) is 2.35. The Morgan fingerprint density at radius 2 is 1.88 bits per heavy atom. The molecule has 5 heteroatoms. The summed E-state index contributed by atoms with van der Waals surface area (Å²) in [5, 5.41) is 19.6. The molecule has 0 radical (unpaired) electrons. The van der Waals surface area contributed by atoms with Gasteiger partial charge in [-0.15, -0.1) is 0 Å². The van der Waals surface area contributed by atoms with E-state index >= 15 is 0 Å². The lowest BCUT2D eigenvalue weighted by Crippen LogP contribution is -2.69. The highest BCUT2D eigenvalue weighted by atomic mass is 16.6. The van der Waals surface area contributed by atoms with E-state index in [4.69, 9.17) is 14.2 Å². The molecule has 2 heterocycles. The summed E-state index contributed by atoms with van der Waals surface area (Å²) >= 11 is 0. The van der Waals surface area contributed by atoms with Gasteiger partial charge in [0.1, 0.15) is 23.9 Å². The van der Waals surface area contributed by atoms with Crippen molar-refractivity contribution in [2.45, 2.75) is 63.3 Å². The standard InChI is InChI=1S/C12H22O5/c1-7-9(14)10-8(5-15-7)16-11(2,3)12(4,6-13)17-10/h7-10,13-14H,5-6H2,1-4H3/t7-,8-,9+,10+,12-/m0/s1. The lowest BCUT2D eigenvalue weighted by atomic mass is 9.84. The van der Waals surface area contributed by atoms with Gasteiger partial charge in [-0.3, -0.25) is 0 Å². The quantitative estimate of drug-likeness (QED) is 0.686. The molecule has 2 aliphatic heterocycles. The fourth-order valence-corrected chi connectivity index (χ4v) is 2.35. The molecule has 2 N–H and O–H groups in total. The molecule has 0 saturated carbocycles. The van der Waals surface area contributed by atoms with E-state index in [0.717, 1.165) is 0 Å². The van der Waals surface area contributed by atoms with E-state index in [1.54, 1.807) is 13.8 Å². The molecular weight excluding hydrogens is 224 g/mol.